The fraction of sp³-hybridized carbons (Fsp3) is 0.182. The van der Waals surface area contributed by atoms with Crippen LogP contribution < -0.4 is 14.8 Å². The van der Waals surface area contributed by atoms with Gasteiger partial charge >= 0.3 is 0 Å². The van der Waals surface area contributed by atoms with E-state index in [0.29, 0.717) is 13.2 Å². The Morgan fingerprint density at radius 2 is 1.24 bits per heavy atom. The average Bonchev–Trinajstić information content (AvgIpc) is 2.67. The van der Waals surface area contributed by atoms with E-state index < -0.39 is 0 Å². The molecule has 0 saturated carbocycles. The van der Waals surface area contributed by atoms with E-state index in [1.807, 2.05) is 85.8 Å². The van der Waals surface area contributed by atoms with Crippen molar-refractivity contribution in [2.24, 2.45) is 0 Å². The zero-order chi connectivity index (χ0) is 17.3. The largest absolute Gasteiger partial charge is 0.485 e. The Morgan fingerprint density at radius 1 is 0.680 bits per heavy atom. The summed E-state index contributed by atoms with van der Waals surface area (Å²) >= 11 is 0. The van der Waals surface area contributed by atoms with E-state index in [2.05, 4.69) is 5.32 Å². The first-order valence-corrected chi connectivity index (χ1v) is 8.50. The molecular formula is C22H22NO2. The van der Waals surface area contributed by atoms with Gasteiger partial charge in [0.25, 0.3) is 0 Å². The van der Waals surface area contributed by atoms with Crippen molar-refractivity contribution < 1.29 is 9.47 Å². The van der Waals surface area contributed by atoms with Gasteiger partial charge < -0.3 is 9.47 Å². The third kappa shape index (κ3) is 5.01. The van der Waals surface area contributed by atoms with Crippen molar-refractivity contribution in [1.29, 1.82) is 0 Å². The van der Waals surface area contributed by atoms with Crippen molar-refractivity contribution in [1.82, 2.24) is 5.32 Å². The van der Waals surface area contributed by atoms with Gasteiger partial charge in [-0.15, -0.1) is 0 Å². The SMILES string of the molecule is CC[N]c1ccc(OCc2ccccc2)c(OCc2ccccc2)c1. The van der Waals surface area contributed by atoms with Crippen LogP contribution in [-0.2, 0) is 13.2 Å². The average molecular weight is 332 g/mol. The minimum Gasteiger partial charge on any atom is -0.485 e. The lowest BCUT2D eigenvalue weighted by atomic mass is 10.2. The fourth-order valence-corrected chi connectivity index (χ4v) is 2.48. The zero-order valence-corrected chi connectivity index (χ0v) is 14.4. The third-order valence-electron chi connectivity index (χ3n) is 3.74. The lowest BCUT2D eigenvalue weighted by Gasteiger charge is -2.14. The standard InChI is InChI=1S/C22H22NO2/c1-2-23-20-13-14-21(24-16-18-9-5-3-6-10-18)22(15-20)25-17-19-11-7-4-8-12-19/h3-15H,2,16-17H2,1H3. The van der Waals surface area contributed by atoms with Crippen molar-refractivity contribution in [3.8, 4) is 11.5 Å². The summed E-state index contributed by atoms with van der Waals surface area (Å²) in [5, 5.41) is 4.45. The van der Waals surface area contributed by atoms with Crippen LogP contribution in [0.15, 0.2) is 78.9 Å². The lowest BCUT2D eigenvalue weighted by Crippen LogP contribution is -2.02. The van der Waals surface area contributed by atoms with Crippen molar-refractivity contribution >= 4 is 5.69 Å². The molecular weight excluding hydrogens is 310 g/mol. The summed E-state index contributed by atoms with van der Waals surface area (Å²) in [5.41, 5.74) is 3.14. The van der Waals surface area contributed by atoms with E-state index >= 15 is 0 Å². The molecule has 3 aromatic carbocycles. The number of nitrogens with zero attached hydrogens (tertiary/aromatic N) is 1. The first kappa shape index (κ1) is 16.9. The number of benzene rings is 3. The van der Waals surface area contributed by atoms with E-state index in [4.69, 9.17) is 9.47 Å². The highest BCUT2D eigenvalue weighted by atomic mass is 16.5. The van der Waals surface area contributed by atoms with Crippen LogP contribution in [0.25, 0.3) is 0 Å². The second-order valence-electron chi connectivity index (χ2n) is 5.65. The minimum absolute atomic E-state index is 0.498. The second-order valence-corrected chi connectivity index (χ2v) is 5.65. The smallest absolute Gasteiger partial charge is 0.163 e. The van der Waals surface area contributed by atoms with Gasteiger partial charge in [-0.3, -0.25) is 5.32 Å². The highest BCUT2D eigenvalue weighted by Crippen LogP contribution is 2.32. The molecule has 0 atom stereocenters. The van der Waals surface area contributed by atoms with Gasteiger partial charge in [-0.1, -0.05) is 60.7 Å². The molecule has 127 valence electrons. The molecule has 3 rings (SSSR count). The molecule has 25 heavy (non-hydrogen) atoms. The van der Waals surface area contributed by atoms with E-state index in [1.54, 1.807) is 0 Å². The third-order valence-corrected chi connectivity index (χ3v) is 3.74. The maximum atomic E-state index is 6.01. The lowest BCUT2D eigenvalue weighted by molar-refractivity contribution is 0.256. The van der Waals surface area contributed by atoms with Crippen LogP contribution in [0.4, 0.5) is 5.69 Å². The van der Waals surface area contributed by atoms with Crippen LogP contribution in [0.3, 0.4) is 0 Å². The van der Waals surface area contributed by atoms with Crippen LogP contribution in [0.5, 0.6) is 11.5 Å². The van der Waals surface area contributed by atoms with Crippen molar-refractivity contribution in [2.45, 2.75) is 20.1 Å². The molecule has 0 aliphatic rings. The maximum absolute atomic E-state index is 6.01. The van der Waals surface area contributed by atoms with Gasteiger partial charge in [-0.25, -0.2) is 0 Å². The maximum Gasteiger partial charge on any atom is 0.163 e. The molecule has 0 saturated heterocycles. The molecule has 0 aromatic heterocycles. The van der Waals surface area contributed by atoms with E-state index in [1.165, 1.54) is 0 Å². The van der Waals surface area contributed by atoms with Crippen molar-refractivity contribution in [3.05, 3.63) is 90.0 Å². The first-order chi connectivity index (χ1) is 12.3. The Balaban J connectivity index is 1.73. The number of hydrogen-bond acceptors (Lipinski definition) is 2. The molecule has 3 nitrogen and oxygen atoms in total. The predicted molar refractivity (Wildman–Crippen MR) is 100 cm³/mol. The van der Waals surface area contributed by atoms with Gasteiger partial charge in [0.15, 0.2) is 11.5 Å². The number of ether oxygens (including phenoxy) is 2. The first-order valence-electron chi connectivity index (χ1n) is 8.50. The Labute approximate surface area is 149 Å². The predicted octanol–water partition coefficient (Wildman–Crippen LogP) is 5.10. The Hall–Kier alpha value is -2.94. The molecule has 0 aliphatic heterocycles. The highest BCUT2D eigenvalue weighted by molar-refractivity contribution is 5.51. The molecule has 0 fully saturated rings. The molecule has 0 unspecified atom stereocenters. The van der Waals surface area contributed by atoms with Crippen molar-refractivity contribution in [2.75, 3.05) is 6.54 Å². The van der Waals surface area contributed by atoms with Gasteiger partial charge in [0.2, 0.25) is 0 Å². The summed E-state index contributed by atoms with van der Waals surface area (Å²) in [5.74, 6) is 1.45. The van der Waals surface area contributed by atoms with E-state index in [9.17, 15) is 0 Å². The van der Waals surface area contributed by atoms with Gasteiger partial charge in [0, 0.05) is 12.6 Å². The van der Waals surface area contributed by atoms with Crippen LogP contribution in [0, 0.1) is 0 Å². The molecule has 0 amide bonds. The van der Waals surface area contributed by atoms with Crippen LogP contribution in [-0.4, -0.2) is 6.54 Å². The summed E-state index contributed by atoms with van der Waals surface area (Å²) in [4.78, 5) is 0. The van der Waals surface area contributed by atoms with Crippen LogP contribution in [0.2, 0.25) is 0 Å². The van der Waals surface area contributed by atoms with Gasteiger partial charge in [0.1, 0.15) is 13.2 Å². The summed E-state index contributed by atoms with van der Waals surface area (Å²) in [6.07, 6.45) is 0. The van der Waals surface area contributed by atoms with Crippen molar-refractivity contribution in [3.63, 3.8) is 0 Å². The molecule has 0 heterocycles. The molecule has 0 bridgehead atoms. The Morgan fingerprint density at radius 3 is 1.80 bits per heavy atom. The zero-order valence-electron chi connectivity index (χ0n) is 14.4. The minimum atomic E-state index is 0.498. The topological polar surface area (TPSA) is 32.6 Å². The molecule has 0 N–H and O–H groups in total. The van der Waals surface area contributed by atoms with Gasteiger partial charge in [0.05, 0.1) is 5.69 Å². The molecule has 0 aliphatic carbocycles. The number of hydrogen-bond donors (Lipinski definition) is 0. The second kappa shape index (κ2) is 8.78. The van der Waals surface area contributed by atoms with Gasteiger partial charge in [-0.2, -0.15) is 0 Å². The summed E-state index contributed by atoms with van der Waals surface area (Å²) < 4.78 is 12.0. The Bertz CT molecular complexity index is 773. The monoisotopic (exact) mass is 332 g/mol. The van der Waals surface area contributed by atoms with Crippen LogP contribution >= 0.6 is 0 Å². The molecule has 3 heteroatoms. The van der Waals surface area contributed by atoms with E-state index in [-0.39, 0.29) is 0 Å². The summed E-state index contributed by atoms with van der Waals surface area (Å²) in [6, 6.07) is 26.0. The summed E-state index contributed by atoms with van der Waals surface area (Å²) in [6.45, 7) is 3.76. The number of rotatable bonds is 8. The summed E-state index contributed by atoms with van der Waals surface area (Å²) in [7, 11) is 0. The quantitative estimate of drug-likeness (QED) is 0.575. The van der Waals surface area contributed by atoms with E-state index in [0.717, 1.165) is 34.9 Å². The van der Waals surface area contributed by atoms with Gasteiger partial charge in [-0.05, 0) is 30.2 Å². The fourth-order valence-electron chi connectivity index (χ4n) is 2.48. The highest BCUT2D eigenvalue weighted by Gasteiger charge is 2.08. The molecule has 3 aromatic rings. The Kier molecular flexibility index (Phi) is 5.94. The van der Waals surface area contributed by atoms with Crippen LogP contribution in [0.1, 0.15) is 18.1 Å². The normalized spacial score (nSPS) is 10.3. The molecule has 1 radical (unpaired) electrons. The molecule has 0 spiro atoms.